The summed E-state index contributed by atoms with van der Waals surface area (Å²) in [5.74, 6) is 0. The predicted molar refractivity (Wildman–Crippen MR) is 135 cm³/mol. The van der Waals surface area contributed by atoms with Gasteiger partial charge in [-0.15, -0.1) is 0 Å². The molecule has 2 aromatic heterocycles. The van der Waals surface area contributed by atoms with Gasteiger partial charge >= 0.3 is 0 Å². The summed E-state index contributed by atoms with van der Waals surface area (Å²) in [6.07, 6.45) is 7.36. The molecule has 0 unspecified atom stereocenters. The molecule has 180 valence electrons. The molecule has 2 aliphatic heterocycles. The molecule has 5 rings (SSSR count). The van der Waals surface area contributed by atoms with E-state index in [2.05, 4.69) is 27.9 Å². The van der Waals surface area contributed by atoms with E-state index in [4.69, 9.17) is 21.1 Å². The maximum absolute atomic E-state index is 12.9. The largest absolute Gasteiger partial charge is 0.383 e. The van der Waals surface area contributed by atoms with Crippen LogP contribution in [0.1, 0.15) is 26.2 Å². The molecule has 2 saturated heterocycles. The highest BCUT2D eigenvalue weighted by molar-refractivity contribution is 7.99. The molecule has 1 aromatic carbocycles. The van der Waals surface area contributed by atoms with Crippen LogP contribution in [0, 0.1) is 5.41 Å². The minimum atomic E-state index is -0.164. The zero-order valence-corrected chi connectivity index (χ0v) is 21.1. The fourth-order valence-electron chi connectivity index (χ4n) is 4.98. The molecular weight excluding hydrogens is 472 g/mol. The number of hydrogen-bond acceptors (Lipinski definition) is 7. The van der Waals surface area contributed by atoms with Gasteiger partial charge in [0, 0.05) is 25.1 Å². The molecular formula is C25H29ClN4O3S. The third kappa shape index (κ3) is 4.69. The van der Waals surface area contributed by atoms with Crippen LogP contribution in [0.5, 0.6) is 0 Å². The molecule has 1 spiro atoms. The van der Waals surface area contributed by atoms with Gasteiger partial charge in [0.1, 0.15) is 5.03 Å². The second-order valence-corrected chi connectivity index (χ2v) is 10.7. The van der Waals surface area contributed by atoms with Gasteiger partial charge in [0.2, 0.25) is 0 Å². The Labute approximate surface area is 208 Å². The highest BCUT2D eigenvalue weighted by Crippen LogP contribution is 2.43. The lowest BCUT2D eigenvalue weighted by Crippen LogP contribution is -2.40. The minimum absolute atomic E-state index is 0.164. The Balaban J connectivity index is 1.30. The lowest BCUT2D eigenvalue weighted by atomic mass is 9.77. The van der Waals surface area contributed by atoms with E-state index in [9.17, 15) is 4.79 Å². The van der Waals surface area contributed by atoms with Crippen molar-refractivity contribution in [3.05, 3.63) is 52.2 Å². The highest BCUT2D eigenvalue weighted by Gasteiger charge is 2.40. The number of hydrogen-bond donors (Lipinski definition) is 0. The standard InChI is InChI=1S/C25H29ClN4O3S/c1-17-13-25(15-33-17)7-9-29(10-8-25)18-3-6-21(27-14-18)34-20-5-4-19-22(23(20)26)24(31)30(16-28-19)11-12-32-2/h3-6,14,16-17H,7-13,15H2,1-2H3/t17-/m0/s1. The first-order valence-electron chi connectivity index (χ1n) is 11.7. The Hall–Kier alpha value is -2.13. The van der Waals surface area contributed by atoms with Crippen LogP contribution in [0.25, 0.3) is 10.9 Å². The molecule has 2 aliphatic rings. The van der Waals surface area contributed by atoms with Crippen LogP contribution in [-0.4, -0.2) is 54.1 Å². The number of fused-ring (bicyclic) bond motifs is 1. The molecule has 0 saturated carbocycles. The van der Waals surface area contributed by atoms with E-state index < -0.39 is 0 Å². The molecule has 4 heterocycles. The van der Waals surface area contributed by atoms with E-state index in [-0.39, 0.29) is 5.56 Å². The van der Waals surface area contributed by atoms with E-state index in [0.717, 1.165) is 48.1 Å². The first-order chi connectivity index (χ1) is 16.5. The van der Waals surface area contributed by atoms with Crippen LogP contribution < -0.4 is 10.5 Å². The van der Waals surface area contributed by atoms with E-state index in [1.54, 1.807) is 7.11 Å². The Morgan fingerprint density at radius 2 is 2.06 bits per heavy atom. The second kappa shape index (κ2) is 9.85. The summed E-state index contributed by atoms with van der Waals surface area (Å²) in [5.41, 5.74) is 1.92. The van der Waals surface area contributed by atoms with Crippen LogP contribution in [-0.2, 0) is 16.0 Å². The number of nitrogens with zero attached hydrogens (tertiary/aromatic N) is 4. The number of halogens is 1. The Morgan fingerprint density at radius 3 is 2.74 bits per heavy atom. The summed E-state index contributed by atoms with van der Waals surface area (Å²) < 4.78 is 12.5. The monoisotopic (exact) mass is 500 g/mol. The van der Waals surface area contributed by atoms with Crippen LogP contribution in [0.2, 0.25) is 5.02 Å². The van der Waals surface area contributed by atoms with Gasteiger partial charge in [-0.05, 0) is 55.9 Å². The van der Waals surface area contributed by atoms with Crippen molar-refractivity contribution in [2.75, 3.05) is 38.3 Å². The van der Waals surface area contributed by atoms with Gasteiger partial charge in [0.15, 0.2) is 0 Å². The van der Waals surface area contributed by atoms with Gasteiger partial charge in [-0.3, -0.25) is 9.36 Å². The topological polar surface area (TPSA) is 69.5 Å². The molecule has 0 radical (unpaired) electrons. The van der Waals surface area contributed by atoms with E-state index in [1.165, 1.54) is 29.1 Å². The van der Waals surface area contributed by atoms with Crippen molar-refractivity contribution in [3.8, 4) is 0 Å². The van der Waals surface area contributed by atoms with Gasteiger partial charge in [0.25, 0.3) is 5.56 Å². The van der Waals surface area contributed by atoms with E-state index >= 15 is 0 Å². The number of methoxy groups -OCH3 is 1. The van der Waals surface area contributed by atoms with Crippen molar-refractivity contribution in [3.63, 3.8) is 0 Å². The Morgan fingerprint density at radius 1 is 1.24 bits per heavy atom. The number of anilines is 1. The third-order valence-corrected chi connectivity index (χ3v) is 8.47. The average Bonchev–Trinajstić information content (AvgIpc) is 3.21. The molecule has 0 amide bonds. The quantitative estimate of drug-likeness (QED) is 0.488. The summed E-state index contributed by atoms with van der Waals surface area (Å²) in [5, 5.41) is 1.67. The number of rotatable bonds is 6. The molecule has 2 fully saturated rings. The predicted octanol–water partition coefficient (Wildman–Crippen LogP) is 4.64. The molecule has 1 atom stereocenters. The third-order valence-electron chi connectivity index (χ3n) is 6.95. The normalized spacial score (nSPS) is 19.9. The van der Waals surface area contributed by atoms with Gasteiger partial charge in [-0.1, -0.05) is 23.4 Å². The first-order valence-corrected chi connectivity index (χ1v) is 12.8. The van der Waals surface area contributed by atoms with Gasteiger partial charge in [-0.25, -0.2) is 9.97 Å². The molecule has 0 aliphatic carbocycles. The fraction of sp³-hybridized carbons (Fsp3) is 0.480. The average molecular weight is 501 g/mol. The summed E-state index contributed by atoms with van der Waals surface area (Å²) in [6.45, 7) is 6.00. The highest BCUT2D eigenvalue weighted by atomic mass is 35.5. The number of piperidine rings is 1. The molecule has 0 bridgehead atoms. The Kier molecular flexibility index (Phi) is 6.84. The SMILES string of the molecule is COCCn1cnc2ccc(Sc3ccc(N4CCC5(CC4)CO[C@@H](C)C5)cn3)c(Cl)c2c1=O. The second-order valence-electron chi connectivity index (χ2n) is 9.28. The molecule has 3 aromatic rings. The lowest BCUT2D eigenvalue weighted by molar-refractivity contribution is 0.0976. The Bertz CT molecular complexity index is 1230. The molecule has 0 N–H and O–H groups in total. The van der Waals surface area contributed by atoms with Crippen LogP contribution in [0.15, 0.2) is 51.5 Å². The summed E-state index contributed by atoms with van der Waals surface area (Å²) in [4.78, 5) is 25.2. The van der Waals surface area contributed by atoms with Gasteiger partial charge in [0.05, 0.1) is 60.0 Å². The van der Waals surface area contributed by atoms with Gasteiger partial charge in [-0.2, -0.15) is 0 Å². The first kappa shape index (κ1) is 23.6. The van der Waals surface area contributed by atoms with Crippen molar-refractivity contribution in [2.24, 2.45) is 5.41 Å². The summed E-state index contributed by atoms with van der Waals surface area (Å²) >= 11 is 8.13. The van der Waals surface area contributed by atoms with Crippen molar-refractivity contribution in [1.29, 1.82) is 0 Å². The number of benzene rings is 1. The van der Waals surface area contributed by atoms with Gasteiger partial charge < -0.3 is 14.4 Å². The molecule has 9 heteroatoms. The fourth-order valence-corrected chi connectivity index (χ4v) is 6.13. The van der Waals surface area contributed by atoms with Crippen LogP contribution in [0.3, 0.4) is 0 Å². The number of aromatic nitrogens is 3. The molecule has 7 nitrogen and oxygen atoms in total. The number of pyridine rings is 1. The smallest absolute Gasteiger partial charge is 0.262 e. The maximum Gasteiger partial charge on any atom is 0.262 e. The van der Waals surface area contributed by atoms with E-state index in [1.807, 2.05) is 24.4 Å². The van der Waals surface area contributed by atoms with Crippen molar-refractivity contribution in [2.45, 2.75) is 48.8 Å². The zero-order valence-electron chi connectivity index (χ0n) is 19.5. The zero-order chi connectivity index (χ0) is 23.7. The van der Waals surface area contributed by atoms with Crippen molar-refractivity contribution in [1.82, 2.24) is 14.5 Å². The summed E-state index contributed by atoms with van der Waals surface area (Å²) in [6, 6.07) is 7.86. The van der Waals surface area contributed by atoms with Crippen molar-refractivity contribution < 1.29 is 9.47 Å². The van der Waals surface area contributed by atoms with Crippen LogP contribution >= 0.6 is 23.4 Å². The number of ether oxygens (including phenoxy) is 2. The minimum Gasteiger partial charge on any atom is -0.383 e. The van der Waals surface area contributed by atoms with Crippen LogP contribution in [0.4, 0.5) is 5.69 Å². The maximum atomic E-state index is 12.9. The van der Waals surface area contributed by atoms with E-state index in [0.29, 0.717) is 40.6 Å². The lowest BCUT2D eigenvalue weighted by Gasteiger charge is -2.39. The molecule has 34 heavy (non-hydrogen) atoms. The summed E-state index contributed by atoms with van der Waals surface area (Å²) in [7, 11) is 1.60. The van der Waals surface area contributed by atoms with Crippen molar-refractivity contribution >= 4 is 40.0 Å².